The Morgan fingerprint density at radius 1 is 0.875 bits per heavy atom. The van der Waals surface area contributed by atoms with Crippen molar-refractivity contribution in [1.29, 1.82) is 0 Å². The molecule has 166 valence electrons. The number of hydrogen-bond donors (Lipinski definition) is 2. The first kappa shape index (κ1) is 23.6. The Hall–Kier alpha value is -3.11. The second kappa shape index (κ2) is 10.5. The van der Waals surface area contributed by atoms with Crippen molar-refractivity contribution in [3.63, 3.8) is 0 Å². The van der Waals surface area contributed by atoms with Crippen LogP contribution < -0.4 is 10.6 Å². The summed E-state index contributed by atoms with van der Waals surface area (Å²) in [7, 11) is 0. The Bertz CT molecular complexity index is 1110. The van der Waals surface area contributed by atoms with Gasteiger partial charge in [-0.1, -0.05) is 67.9 Å². The fourth-order valence-electron chi connectivity index (χ4n) is 3.48. The summed E-state index contributed by atoms with van der Waals surface area (Å²) in [5.41, 5.74) is 4.73. The molecule has 3 rings (SSSR count). The molecule has 0 radical (unpaired) electrons. The second-order valence-corrected chi connectivity index (χ2v) is 8.92. The van der Waals surface area contributed by atoms with Gasteiger partial charge >= 0.3 is 0 Å². The molecule has 3 aromatic carbocycles. The van der Waals surface area contributed by atoms with Crippen LogP contribution >= 0.6 is 11.6 Å². The Morgan fingerprint density at radius 3 is 2.22 bits per heavy atom. The number of aryl methyl sites for hydroxylation is 1. The van der Waals surface area contributed by atoms with Gasteiger partial charge in [0, 0.05) is 11.3 Å². The first-order chi connectivity index (χ1) is 15.2. The van der Waals surface area contributed by atoms with E-state index in [4.69, 9.17) is 11.6 Å². The molecule has 0 aliphatic rings. The first-order valence-corrected chi connectivity index (χ1v) is 11.2. The van der Waals surface area contributed by atoms with Gasteiger partial charge in [-0.15, -0.1) is 0 Å². The molecule has 0 bridgehead atoms. The fraction of sp³-hybridized carbons (Fsp3) is 0.259. The molecule has 0 aliphatic carbocycles. The minimum atomic E-state index is -0.358. The van der Waals surface area contributed by atoms with Crippen LogP contribution in [0, 0.1) is 12.8 Å². The van der Waals surface area contributed by atoms with Crippen LogP contribution in [-0.4, -0.2) is 11.8 Å². The third-order valence-electron chi connectivity index (χ3n) is 5.40. The van der Waals surface area contributed by atoms with Crippen molar-refractivity contribution in [2.24, 2.45) is 5.92 Å². The molecule has 0 saturated carbocycles. The van der Waals surface area contributed by atoms with Crippen molar-refractivity contribution in [3.05, 3.63) is 94.0 Å². The topological polar surface area (TPSA) is 58.2 Å². The normalized spacial score (nSPS) is 11.8. The number of para-hydroxylation sites is 1. The van der Waals surface area contributed by atoms with Gasteiger partial charge in [0.05, 0.1) is 16.6 Å². The number of carbonyl (C=O) groups is 2. The van der Waals surface area contributed by atoms with Crippen molar-refractivity contribution < 1.29 is 9.59 Å². The van der Waals surface area contributed by atoms with Crippen molar-refractivity contribution >= 4 is 34.8 Å². The highest BCUT2D eigenvalue weighted by Gasteiger charge is 2.18. The highest BCUT2D eigenvalue weighted by molar-refractivity contribution is 6.34. The van der Waals surface area contributed by atoms with Crippen molar-refractivity contribution in [1.82, 2.24) is 0 Å². The summed E-state index contributed by atoms with van der Waals surface area (Å²) < 4.78 is 0. The van der Waals surface area contributed by atoms with Gasteiger partial charge < -0.3 is 10.6 Å². The van der Waals surface area contributed by atoms with E-state index in [0.29, 0.717) is 22.2 Å². The number of rotatable bonds is 7. The molecule has 1 atom stereocenters. The third-order valence-corrected chi connectivity index (χ3v) is 5.73. The largest absolute Gasteiger partial charge is 0.324 e. The maximum Gasteiger partial charge on any atom is 0.255 e. The van der Waals surface area contributed by atoms with E-state index in [-0.39, 0.29) is 17.7 Å². The molecule has 0 aromatic heterocycles. The monoisotopic (exact) mass is 448 g/mol. The van der Waals surface area contributed by atoms with E-state index in [2.05, 4.69) is 36.6 Å². The van der Waals surface area contributed by atoms with E-state index in [1.54, 1.807) is 18.2 Å². The molecule has 2 N–H and O–H groups in total. The molecular weight excluding hydrogens is 420 g/mol. The SMILES string of the molecule is Cc1ccccc1NC(=O)c1ccc(Cl)c(NC(=O)[C@@H](C)c2ccc(CC(C)C)cc2)c1. The first-order valence-electron chi connectivity index (χ1n) is 10.8. The average molecular weight is 449 g/mol. The lowest BCUT2D eigenvalue weighted by Gasteiger charge is -2.15. The number of amides is 2. The van der Waals surface area contributed by atoms with Crippen LogP contribution in [0.2, 0.25) is 5.02 Å². The lowest BCUT2D eigenvalue weighted by atomic mass is 9.96. The van der Waals surface area contributed by atoms with Crippen molar-refractivity contribution in [2.75, 3.05) is 10.6 Å². The fourth-order valence-corrected chi connectivity index (χ4v) is 3.64. The number of nitrogens with one attached hydrogen (secondary N) is 2. The van der Waals surface area contributed by atoms with Crippen molar-refractivity contribution in [3.8, 4) is 0 Å². The van der Waals surface area contributed by atoms with E-state index < -0.39 is 0 Å². The zero-order valence-corrected chi connectivity index (χ0v) is 19.7. The van der Waals surface area contributed by atoms with Gasteiger partial charge in [-0.3, -0.25) is 9.59 Å². The standard InChI is InChI=1S/C27H29ClN2O2/c1-17(2)15-20-9-11-21(12-10-20)19(4)26(31)30-25-16-22(13-14-23(25)28)27(32)29-24-8-6-5-7-18(24)3/h5-14,16-17,19H,15H2,1-4H3,(H,29,32)(H,30,31)/t19-/m0/s1. The molecule has 0 heterocycles. The van der Waals surface area contributed by atoms with E-state index >= 15 is 0 Å². The number of carbonyl (C=O) groups excluding carboxylic acids is 2. The maximum atomic E-state index is 12.9. The lowest BCUT2D eigenvalue weighted by Crippen LogP contribution is -2.20. The molecule has 3 aromatic rings. The van der Waals surface area contributed by atoms with Crippen LogP contribution in [-0.2, 0) is 11.2 Å². The average Bonchev–Trinajstić information content (AvgIpc) is 2.76. The van der Waals surface area contributed by atoms with Crippen LogP contribution in [0.4, 0.5) is 11.4 Å². The molecule has 0 aliphatic heterocycles. The highest BCUT2D eigenvalue weighted by Crippen LogP contribution is 2.26. The van der Waals surface area contributed by atoms with Crippen molar-refractivity contribution in [2.45, 2.75) is 40.0 Å². The smallest absolute Gasteiger partial charge is 0.255 e. The van der Waals surface area contributed by atoms with Crippen LogP contribution in [0.3, 0.4) is 0 Å². The summed E-state index contributed by atoms with van der Waals surface area (Å²) in [6, 6.07) is 20.6. The summed E-state index contributed by atoms with van der Waals surface area (Å²) in [5.74, 6) is -0.220. The quantitative estimate of drug-likeness (QED) is 0.415. The van der Waals surface area contributed by atoms with Crippen LogP contribution in [0.5, 0.6) is 0 Å². The summed E-state index contributed by atoms with van der Waals surface area (Å²) >= 11 is 6.30. The molecule has 32 heavy (non-hydrogen) atoms. The van der Waals surface area contributed by atoms with Gasteiger partial charge in [-0.25, -0.2) is 0 Å². The zero-order valence-electron chi connectivity index (χ0n) is 18.9. The molecule has 4 nitrogen and oxygen atoms in total. The Morgan fingerprint density at radius 2 is 1.56 bits per heavy atom. The highest BCUT2D eigenvalue weighted by atomic mass is 35.5. The third kappa shape index (κ3) is 5.98. The second-order valence-electron chi connectivity index (χ2n) is 8.51. The van der Waals surface area contributed by atoms with Gasteiger partial charge in [-0.2, -0.15) is 0 Å². The molecule has 5 heteroatoms. The molecule has 0 fully saturated rings. The number of benzene rings is 3. The van der Waals surface area contributed by atoms with Gasteiger partial charge in [0.1, 0.15) is 0 Å². The zero-order chi connectivity index (χ0) is 23.3. The van der Waals surface area contributed by atoms with Gasteiger partial charge in [0.2, 0.25) is 5.91 Å². The molecule has 2 amide bonds. The molecule has 0 spiro atoms. The van der Waals surface area contributed by atoms with Gasteiger partial charge in [0.15, 0.2) is 0 Å². The summed E-state index contributed by atoms with van der Waals surface area (Å²) in [5, 5.41) is 6.15. The minimum Gasteiger partial charge on any atom is -0.324 e. The van der Waals surface area contributed by atoms with Gasteiger partial charge in [-0.05, 0) is 67.1 Å². The predicted molar refractivity (Wildman–Crippen MR) is 133 cm³/mol. The Labute approximate surface area is 195 Å². The predicted octanol–water partition coefficient (Wildman–Crippen LogP) is 6.84. The number of halogens is 1. The lowest BCUT2D eigenvalue weighted by molar-refractivity contribution is -0.117. The van der Waals surface area contributed by atoms with Crippen LogP contribution in [0.1, 0.15) is 53.7 Å². The van der Waals surface area contributed by atoms with Gasteiger partial charge in [0.25, 0.3) is 5.91 Å². The number of anilines is 2. The molecule has 0 saturated heterocycles. The molecular formula is C27H29ClN2O2. The number of hydrogen-bond acceptors (Lipinski definition) is 2. The maximum absolute atomic E-state index is 12.9. The Kier molecular flexibility index (Phi) is 7.70. The summed E-state index contributed by atoms with van der Waals surface area (Å²) in [6.07, 6.45) is 1.01. The van der Waals surface area contributed by atoms with Crippen LogP contribution in [0.15, 0.2) is 66.7 Å². The van der Waals surface area contributed by atoms with E-state index in [9.17, 15) is 9.59 Å². The summed E-state index contributed by atoms with van der Waals surface area (Å²) in [4.78, 5) is 25.6. The van der Waals surface area contributed by atoms with E-state index in [1.807, 2.05) is 50.2 Å². The van der Waals surface area contributed by atoms with E-state index in [0.717, 1.165) is 23.2 Å². The van der Waals surface area contributed by atoms with Crippen LogP contribution in [0.25, 0.3) is 0 Å². The summed E-state index contributed by atoms with van der Waals surface area (Å²) in [6.45, 7) is 8.15. The minimum absolute atomic E-state index is 0.181. The molecule has 0 unspecified atom stereocenters. The Balaban J connectivity index is 1.72. The van der Waals surface area contributed by atoms with E-state index in [1.165, 1.54) is 5.56 Å².